The van der Waals surface area contributed by atoms with Crippen LogP contribution in [0, 0.1) is 0 Å². The van der Waals surface area contributed by atoms with E-state index in [1.54, 1.807) is 13.2 Å². The molecule has 2 heterocycles. The number of hydrogen-bond donors (Lipinski definition) is 1. The molecule has 25 heavy (non-hydrogen) atoms. The summed E-state index contributed by atoms with van der Waals surface area (Å²) in [6.45, 7) is 0.984. The molecule has 2 aliphatic carbocycles. The number of hydrogen-bond acceptors (Lipinski definition) is 4. The number of ether oxygens (including phenoxy) is 2. The fraction of sp³-hybridized carbons (Fsp3) is 0.632. The number of phenolic OH excluding ortho intramolecular Hbond substituents is 1. The number of nitrogens with zero attached hydrogens (tertiary/aromatic N) is 1. The Hall–Kier alpha value is -0.860. The van der Waals surface area contributed by atoms with Gasteiger partial charge in [-0.1, -0.05) is 6.07 Å². The van der Waals surface area contributed by atoms with Crippen LogP contribution in [0.3, 0.4) is 0 Å². The van der Waals surface area contributed by atoms with Gasteiger partial charge in [0.15, 0.2) is 23.4 Å². The maximum atomic E-state index is 12.8. The number of rotatable bonds is 1. The van der Waals surface area contributed by atoms with Crippen molar-refractivity contribution in [1.29, 1.82) is 0 Å². The van der Waals surface area contributed by atoms with Crippen LogP contribution in [0.1, 0.15) is 30.4 Å². The maximum absolute atomic E-state index is 12.8. The maximum Gasteiger partial charge on any atom is 0.174 e. The molecule has 2 fully saturated rings. The van der Waals surface area contributed by atoms with Gasteiger partial charge in [0.05, 0.1) is 26.1 Å². The summed E-state index contributed by atoms with van der Waals surface area (Å²) in [5, 5.41) is 10.4. The number of carbonyl (C=O) groups is 1. The third-order valence-electron chi connectivity index (χ3n) is 7.38. The molecule has 1 spiro atoms. The molecule has 5 nitrogen and oxygen atoms in total. The molecule has 1 aromatic rings. The molecule has 5 rings (SSSR count). The lowest BCUT2D eigenvalue weighted by atomic mass is 9.48. The molecule has 136 valence electrons. The Balaban J connectivity index is 0.00000157. The Morgan fingerprint density at radius 1 is 1.32 bits per heavy atom. The summed E-state index contributed by atoms with van der Waals surface area (Å²) >= 11 is 0. The number of methoxy groups -OCH3 is 1. The van der Waals surface area contributed by atoms with Gasteiger partial charge < -0.3 is 43.0 Å². The normalized spacial score (nSPS) is 39.2. The zero-order valence-corrected chi connectivity index (χ0v) is 17.0. The number of likely N-dealkylation sites (tertiary alicyclic amines) is 1. The lowest BCUT2D eigenvalue weighted by Crippen LogP contribution is -3.00. The van der Waals surface area contributed by atoms with Crippen LogP contribution in [-0.4, -0.2) is 60.9 Å². The number of phenols is 1. The number of halogens is 1. The van der Waals surface area contributed by atoms with Gasteiger partial charge in [0.1, 0.15) is 11.6 Å². The highest BCUT2D eigenvalue weighted by Gasteiger charge is 2.76. The average Bonchev–Trinajstić information content (AvgIpc) is 2.92. The molecule has 4 atom stereocenters. The van der Waals surface area contributed by atoms with Gasteiger partial charge in [-0.15, -0.1) is 0 Å². The van der Waals surface area contributed by atoms with Crippen molar-refractivity contribution >= 4 is 5.78 Å². The molecule has 1 saturated carbocycles. The van der Waals surface area contributed by atoms with Crippen molar-refractivity contribution in [3.8, 4) is 11.5 Å². The minimum atomic E-state index is -0.517. The highest BCUT2D eigenvalue weighted by Crippen LogP contribution is 2.66. The van der Waals surface area contributed by atoms with Crippen LogP contribution in [0.15, 0.2) is 12.1 Å². The van der Waals surface area contributed by atoms with E-state index in [-0.39, 0.29) is 35.5 Å². The minimum absolute atomic E-state index is 0. The standard InChI is InChI=1S/C19H23NO4.HI/c1-20(2)9-8-18-15-11-4-5-12(21)16(15)24-17(18)13(22)6-7-19(18,23-3)14(20)10-11;/h4-5,14,17H,6-10H2,1-3H3;1H/t14-,17+,18+,19-;/m1./s1. The number of likely N-dealkylation sites (N-methyl/N-ethyl adjacent to an activating group) is 1. The van der Waals surface area contributed by atoms with E-state index in [1.165, 1.54) is 5.56 Å². The van der Waals surface area contributed by atoms with Crippen LogP contribution in [0.5, 0.6) is 11.5 Å². The molecule has 1 saturated heterocycles. The molecule has 2 bridgehead atoms. The smallest absolute Gasteiger partial charge is 0.174 e. The Kier molecular flexibility index (Phi) is 3.58. The van der Waals surface area contributed by atoms with Gasteiger partial charge in [-0.05, 0) is 18.1 Å². The van der Waals surface area contributed by atoms with E-state index in [9.17, 15) is 9.90 Å². The molecular formula is C19H24INO4. The summed E-state index contributed by atoms with van der Waals surface area (Å²) in [4.78, 5) is 12.8. The monoisotopic (exact) mass is 457 g/mol. The third-order valence-corrected chi connectivity index (χ3v) is 7.38. The van der Waals surface area contributed by atoms with Gasteiger partial charge in [-0.2, -0.15) is 0 Å². The zero-order valence-electron chi connectivity index (χ0n) is 14.8. The molecule has 0 amide bonds. The van der Waals surface area contributed by atoms with E-state index in [1.807, 2.05) is 6.07 Å². The Morgan fingerprint density at radius 2 is 2.08 bits per heavy atom. The quantitative estimate of drug-likeness (QED) is 0.415. The summed E-state index contributed by atoms with van der Waals surface area (Å²) < 4.78 is 13.3. The van der Waals surface area contributed by atoms with E-state index in [2.05, 4.69) is 14.1 Å². The molecule has 1 aromatic carbocycles. The first-order valence-corrected chi connectivity index (χ1v) is 8.80. The number of piperidine rings is 1. The topological polar surface area (TPSA) is 55.8 Å². The van der Waals surface area contributed by atoms with Crippen molar-refractivity contribution in [2.45, 2.75) is 48.8 Å². The van der Waals surface area contributed by atoms with Crippen LogP contribution in [-0.2, 0) is 21.4 Å². The second-order valence-electron chi connectivity index (χ2n) is 8.45. The number of ketones is 1. The van der Waals surface area contributed by atoms with Crippen LogP contribution in [0.4, 0.5) is 0 Å². The molecule has 4 aliphatic rings. The molecule has 2 aliphatic heterocycles. The van der Waals surface area contributed by atoms with Gasteiger partial charge in [-0.25, -0.2) is 0 Å². The summed E-state index contributed by atoms with van der Waals surface area (Å²) in [6, 6.07) is 4.01. The number of aromatic hydroxyl groups is 1. The van der Waals surface area contributed by atoms with E-state index >= 15 is 0 Å². The molecule has 0 radical (unpaired) electrons. The lowest BCUT2D eigenvalue weighted by Gasteiger charge is -2.64. The molecular weight excluding hydrogens is 433 g/mol. The number of quaternary nitrogens is 1. The number of carbonyl (C=O) groups excluding carboxylic acids is 1. The highest BCUT2D eigenvalue weighted by molar-refractivity contribution is 5.90. The summed E-state index contributed by atoms with van der Waals surface area (Å²) in [6.07, 6.45) is 2.46. The van der Waals surface area contributed by atoms with Crippen LogP contribution < -0.4 is 28.7 Å². The van der Waals surface area contributed by atoms with Crippen LogP contribution >= 0.6 is 0 Å². The van der Waals surface area contributed by atoms with Gasteiger partial charge in [0, 0.05) is 31.9 Å². The first-order chi connectivity index (χ1) is 11.4. The van der Waals surface area contributed by atoms with Crippen LogP contribution in [0.2, 0.25) is 0 Å². The van der Waals surface area contributed by atoms with E-state index in [0.717, 1.165) is 35.9 Å². The van der Waals surface area contributed by atoms with Gasteiger partial charge >= 0.3 is 0 Å². The average molecular weight is 457 g/mol. The lowest BCUT2D eigenvalue weighted by molar-refractivity contribution is -0.931. The summed E-state index contributed by atoms with van der Waals surface area (Å²) in [5.74, 6) is 0.824. The summed E-state index contributed by atoms with van der Waals surface area (Å²) in [5.41, 5.74) is 1.42. The molecule has 6 heteroatoms. The molecule has 0 unspecified atom stereocenters. The minimum Gasteiger partial charge on any atom is -1.00 e. The SMILES string of the molecule is CO[C@@]12CCC(=O)[C@@H]3Oc4c(O)ccc5c4[C@@]31CC[N+](C)(C)[C@@H]2C5.[I-]. The van der Waals surface area contributed by atoms with Gasteiger partial charge in [0.25, 0.3) is 0 Å². The van der Waals surface area contributed by atoms with Gasteiger partial charge in [0.2, 0.25) is 0 Å². The fourth-order valence-corrected chi connectivity index (χ4v) is 6.33. The highest BCUT2D eigenvalue weighted by atomic mass is 127. The Labute approximate surface area is 164 Å². The van der Waals surface area contributed by atoms with Crippen molar-refractivity contribution < 1.29 is 47.8 Å². The molecule has 0 aromatic heterocycles. The van der Waals surface area contributed by atoms with Crippen LogP contribution in [0.25, 0.3) is 0 Å². The zero-order chi connectivity index (χ0) is 16.9. The van der Waals surface area contributed by atoms with E-state index < -0.39 is 17.1 Å². The third kappa shape index (κ3) is 1.74. The fourth-order valence-electron chi connectivity index (χ4n) is 6.33. The second kappa shape index (κ2) is 5.10. The van der Waals surface area contributed by atoms with Crippen molar-refractivity contribution in [3.05, 3.63) is 23.3 Å². The Morgan fingerprint density at radius 3 is 2.80 bits per heavy atom. The predicted octanol–water partition coefficient (Wildman–Crippen LogP) is -1.45. The molecule has 1 N–H and O–H groups in total. The van der Waals surface area contributed by atoms with E-state index in [4.69, 9.17) is 9.47 Å². The Bertz CT molecular complexity index is 779. The summed E-state index contributed by atoms with van der Waals surface area (Å²) in [7, 11) is 6.33. The first-order valence-electron chi connectivity index (χ1n) is 8.80. The van der Waals surface area contributed by atoms with Crippen molar-refractivity contribution in [2.24, 2.45) is 0 Å². The van der Waals surface area contributed by atoms with Gasteiger partial charge in [-0.3, -0.25) is 4.79 Å². The van der Waals surface area contributed by atoms with Crippen molar-refractivity contribution in [2.75, 3.05) is 27.7 Å². The first kappa shape index (κ1) is 17.5. The number of Topliss-reactive ketones (excluding diaryl/α,β-unsaturated/α-hetero) is 1. The van der Waals surface area contributed by atoms with Crippen molar-refractivity contribution in [3.63, 3.8) is 0 Å². The largest absolute Gasteiger partial charge is 1.00 e. The number of benzene rings is 1. The van der Waals surface area contributed by atoms with E-state index in [0.29, 0.717) is 18.2 Å². The van der Waals surface area contributed by atoms with Crippen molar-refractivity contribution in [1.82, 2.24) is 0 Å². The predicted molar refractivity (Wildman–Crippen MR) is 87.3 cm³/mol. The second-order valence-corrected chi connectivity index (χ2v) is 8.45.